The third-order valence-corrected chi connectivity index (χ3v) is 5.83. The Balaban J connectivity index is 1.50. The van der Waals surface area contributed by atoms with Crippen LogP contribution in [0.25, 0.3) is 0 Å². The van der Waals surface area contributed by atoms with E-state index in [4.69, 9.17) is 4.52 Å². The van der Waals surface area contributed by atoms with Crippen molar-refractivity contribution in [2.75, 3.05) is 10.0 Å². The fourth-order valence-corrected chi connectivity index (χ4v) is 3.92. The van der Waals surface area contributed by atoms with Gasteiger partial charge in [-0.3, -0.25) is 0 Å². The van der Waals surface area contributed by atoms with Crippen LogP contribution in [0.3, 0.4) is 0 Å². The second-order valence-corrected chi connectivity index (χ2v) is 8.88. The lowest BCUT2D eigenvalue weighted by Crippen LogP contribution is -2.15. The summed E-state index contributed by atoms with van der Waals surface area (Å²) in [6, 6.07) is 17.2. The minimum absolute atomic E-state index is 0.0256. The maximum Gasteiger partial charge on any atom is 0.264 e. The molecule has 0 bridgehead atoms. The molecule has 0 aliphatic rings. The summed E-state index contributed by atoms with van der Waals surface area (Å²) in [6.07, 6.45) is 0. The largest absolute Gasteiger partial charge is 0.357 e. The smallest absolute Gasteiger partial charge is 0.264 e. The summed E-state index contributed by atoms with van der Waals surface area (Å²) in [7, 11) is -3.85. The number of rotatable bonds is 7. The zero-order valence-electron chi connectivity index (χ0n) is 18.1. The minimum atomic E-state index is -3.85. The van der Waals surface area contributed by atoms with E-state index in [1.165, 1.54) is 12.1 Å². The molecule has 0 aliphatic heterocycles. The van der Waals surface area contributed by atoms with Gasteiger partial charge < -0.3 is 9.84 Å². The van der Waals surface area contributed by atoms with Crippen LogP contribution in [-0.2, 0) is 10.0 Å². The summed E-state index contributed by atoms with van der Waals surface area (Å²) in [6.45, 7) is 5.27. The Hall–Kier alpha value is -4.12. The maximum absolute atomic E-state index is 12.7. The lowest BCUT2D eigenvalue weighted by Gasteiger charge is -2.08. The van der Waals surface area contributed by atoms with E-state index in [0.29, 0.717) is 34.3 Å². The minimum Gasteiger partial charge on any atom is -0.357 e. The third-order valence-electron chi connectivity index (χ3n) is 4.49. The average molecular weight is 464 g/mol. The summed E-state index contributed by atoms with van der Waals surface area (Å²) < 4.78 is 33.0. The number of azo groups is 1. The fourth-order valence-electron chi connectivity index (χ4n) is 2.98. The Morgan fingerprint density at radius 2 is 1.55 bits per heavy atom. The lowest BCUT2D eigenvalue weighted by molar-refractivity contribution is 0.400. The monoisotopic (exact) mass is 463 g/mol. The molecule has 2 aromatic heterocycles. The molecule has 11 heteroatoms. The predicted molar refractivity (Wildman–Crippen MR) is 124 cm³/mol. The van der Waals surface area contributed by atoms with Gasteiger partial charge in [0.05, 0.1) is 10.6 Å². The molecule has 2 N–H and O–H groups in total. The molecule has 4 rings (SSSR count). The molecule has 0 aliphatic carbocycles. The van der Waals surface area contributed by atoms with Crippen molar-refractivity contribution in [3.8, 4) is 0 Å². The van der Waals surface area contributed by atoms with Gasteiger partial charge in [-0.1, -0.05) is 23.4 Å². The van der Waals surface area contributed by atoms with Crippen molar-refractivity contribution in [3.05, 3.63) is 77.8 Å². The van der Waals surface area contributed by atoms with Gasteiger partial charge >= 0.3 is 0 Å². The molecule has 0 radical (unpaired) electrons. The van der Waals surface area contributed by atoms with E-state index < -0.39 is 10.0 Å². The zero-order valence-corrected chi connectivity index (χ0v) is 19.0. The molecule has 33 heavy (non-hydrogen) atoms. The highest BCUT2D eigenvalue weighted by molar-refractivity contribution is 7.92. The van der Waals surface area contributed by atoms with Gasteiger partial charge in [0.15, 0.2) is 11.4 Å². The summed E-state index contributed by atoms with van der Waals surface area (Å²) >= 11 is 0. The summed E-state index contributed by atoms with van der Waals surface area (Å²) in [4.78, 5) is 8.27. The molecular formula is C22H21N7O3S. The Bertz CT molecular complexity index is 1380. The number of aryl methyl sites for hydroxylation is 3. The first-order valence-electron chi connectivity index (χ1n) is 9.95. The van der Waals surface area contributed by atoms with Crippen molar-refractivity contribution in [3.63, 3.8) is 0 Å². The van der Waals surface area contributed by atoms with Crippen LogP contribution in [0.4, 0.5) is 28.8 Å². The zero-order chi connectivity index (χ0) is 23.4. The van der Waals surface area contributed by atoms with Crippen LogP contribution in [0.5, 0.6) is 0 Å². The third kappa shape index (κ3) is 5.39. The predicted octanol–water partition coefficient (Wildman–Crippen LogP) is 5.35. The number of nitrogens with one attached hydrogen (secondary N) is 2. The normalized spacial score (nSPS) is 11.6. The number of hydrogen-bond donors (Lipinski definition) is 2. The topological polar surface area (TPSA) is 135 Å². The van der Waals surface area contributed by atoms with Crippen LogP contribution in [0.1, 0.15) is 17.1 Å². The maximum atomic E-state index is 12.7. The van der Waals surface area contributed by atoms with Crippen LogP contribution in [0.2, 0.25) is 0 Å². The molecule has 0 spiro atoms. The number of sulfonamides is 1. The molecule has 0 fully saturated rings. The van der Waals surface area contributed by atoms with E-state index in [9.17, 15) is 8.42 Å². The van der Waals surface area contributed by atoms with Crippen LogP contribution < -0.4 is 10.0 Å². The molecule has 10 nitrogen and oxygen atoms in total. The number of para-hydroxylation sites is 1. The fraction of sp³-hybridized carbons (Fsp3) is 0.136. The van der Waals surface area contributed by atoms with Crippen molar-refractivity contribution in [1.82, 2.24) is 15.1 Å². The Morgan fingerprint density at radius 1 is 0.879 bits per heavy atom. The van der Waals surface area contributed by atoms with E-state index in [1.807, 2.05) is 30.3 Å². The van der Waals surface area contributed by atoms with E-state index in [2.05, 4.69) is 35.4 Å². The lowest BCUT2D eigenvalue weighted by atomic mass is 10.3. The highest BCUT2D eigenvalue weighted by Gasteiger charge is 2.16. The first-order valence-corrected chi connectivity index (χ1v) is 11.4. The molecule has 0 saturated carbocycles. The summed E-state index contributed by atoms with van der Waals surface area (Å²) in [5.41, 5.74) is 3.08. The van der Waals surface area contributed by atoms with Crippen molar-refractivity contribution in [2.45, 2.75) is 25.7 Å². The standard InChI is InChI=1S/C22H21N7O3S/c1-14-13-15(2)24-22(23-14)29-33(30,31)19-11-9-18(10-12-19)26-27-20-16(3)32-28-21(20)25-17-7-5-4-6-8-17/h4-13H,1-3H3,(H,25,28)(H,23,24,29). The molecule has 2 aromatic carbocycles. The van der Waals surface area contributed by atoms with Crippen LogP contribution in [-0.4, -0.2) is 23.5 Å². The van der Waals surface area contributed by atoms with Gasteiger partial charge in [0.1, 0.15) is 0 Å². The van der Waals surface area contributed by atoms with E-state index in [-0.39, 0.29) is 10.8 Å². The van der Waals surface area contributed by atoms with Gasteiger partial charge in [0.25, 0.3) is 10.0 Å². The van der Waals surface area contributed by atoms with Gasteiger partial charge in [0, 0.05) is 17.1 Å². The van der Waals surface area contributed by atoms with Gasteiger partial charge in [-0.15, -0.1) is 5.11 Å². The number of benzene rings is 2. The molecule has 4 aromatic rings. The summed E-state index contributed by atoms with van der Waals surface area (Å²) in [5, 5.41) is 15.5. The van der Waals surface area contributed by atoms with Gasteiger partial charge in [-0.05, 0) is 63.2 Å². The van der Waals surface area contributed by atoms with E-state index in [0.717, 1.165) is 5.69 Å². The van der Waals surface area contributed by atoms with Crippen molar-refractivity contribution < 1.29 is 12.9 Å². The molecule has 2 heterocycles. The SMILES string of the molecule is Cc1cc(C)nc(NS(=O)(=O)c2ccc(N=Nc3c(Nc4ccccc4)noc3C)cc2)n1. The molecule has 0 amide bonds. The number of aromatic nitrogens is 3. The van der Waals surface area contributed by atoms with Crippen LogP contribution in [0, 0.1) is 20.8 Å². The second-order valence-electron chi connectivity index (χ2n) is 7.20. The van der Waals surface area contributed by atoms with Crippen molar-refractivity contribution in [2.24, 2.45) is 10.2 Å². The van der Waals surface area contributed by atoms with Gasteiger partial charge in [0.2, 0.25) is 11.8 Å². The molecular weight excluding hydrogens is 442 g/mol. The number of nitrogens with zero attached hydrogens (tertiary/aromatic N) is 5. The number of anilines is 3. The highest BCUT2D eigenvalue weighted by Crippen LogP contribution is 2.32. The molecule has 0 atom stereocenters. The van der Waals surface area contributed by atoms with Gasteiger partial charge in [-0.2, -0.15) is 5.11 Å². The second kappa shape index (κ2) is 9.17. The number of hydrogen-bond acceptors (Lipinski definition) is 9. The summed E-state index contributed by atoms with van der Waals surface area (Å²) in [5.74, 6) is 0.950. The first-order chi connectivity index (χ1) is 15.8. The van der Waals surface area contributed by atoms with Crippen LogP contribution >= 0.6 is 0 Å². The molecule has 168 valence electrons. The highest BCUT2D eigenvalue weighted by atomic mass is 32.2. The van der Waals surface area contributed by atoms with E-state index in [1.54, 1.807) is 39.0 Å². The Morgan fingerprint density at radius 3 is 2.21 bits per heavy atom. The molecule has 0 saturated heterocycles. The Labute approximate surface area is 190 Å². The first kappa shape index (κ1) is 22.1. The van der Waals surface area contributed by atoms with Gasteiger partial charge in [-0.25, -0.2) is 23.1 Å². The van der Waals surface area contributed by atoms with Crippen molar-refractivity contribution >= 4 is 38.9 Å². The van der Waals surface area contributed by atoms with E-state index >= 15 is 0 Å². The quantitative estimate of drug-likeness (QED) is 0.353. The van der Waals surface area contributed by atoms with Crippen molar-refractivity contribution in [1.29, 1.82) is 0 Å². The Kier molecular flexibility index (Phi) is 6.13. The molecule has 0 unspecified atom stereocenters. The van der Waals surface area contributed by atoms with Crippen LogP contribution in [0.15, 0.2) is 80.3 Å². The average Bonchev–Trinajstić information content (AvgIpc) is 3.11.